The fourth-order valence-electron chi connectivity index (χ4n) is 1.10. The highest BCUT2D eigenvalue weighted by molar-refractivity contribution is 6.32. The van der Waals surface area contributed by atoms with Crippen molar-refractivity contribution in [2.45, 2.75) is 13.8 Å². The van der Waals surface area contributed by atoms with Crippen molar-refractivity contribution >= 4 is 17.2 Å². The predicted molar refractivity (Wildman–Crippen MR) is 57.3 cm³/mol. The summed E-state index contributed by atoms with van der Waals surface area (Å²) in [6.45, 7) is 4.03. The van der Waals surface area contributed by atoms with Gasteiger partial charge in [-0.25, -0.2) is 0 Å². The summed E-state index contributed by atoms with van der Waals surface area (Å²) < 4.78 is 5.06. The Balaban J connectivity index is 3.12. The number of allylic oxidation sites excluding steroid dienone is 2. The maximum absolute atomic E-state index is 6.06. The number of hydrogen-bond donors (Lipinski definition) is 0. The third kappa shape index (κ3) is 2.25. The van der Waals surface area contributed by atoms with Gasteiger partial charge in [-0.2, -0.15) is 0 Å². The minimum absolute atomic E-state index is 0.731. The molecule has 0 heterocycles. The van der Waals surface area contributed by atoms with Gasteiger partial charge in [0.1, 0.15) is 5.75 Å². The quantitative estimate of drug-likeness (QED) is 0.700. The molecule has 0 saturated heterocycles. The van der Waals surface area contributed by atoms with Crippen molar-refractivity contribution in [1.82, 2.24) is 0 Å². The zero-order chi connectivity index (χ0) is 9.84. The van der Waals surface area contributed by atoms with Gasteiger partial charge in [-0.05, 0) is 43.2 Å². The van der Waals surface area contributed by atoms with Crippen LogP contribution in [0.15, 0.2) is 24.3 Å². The Labute approximate surface area is 84.0 Å². The number of rotatable bonds is 2. The lowest BCUT2D eigenvalue weighted by atomic mass is 10.1. The molecule has 0 spiro atoms. The van der Waals surface area contributed by atoms with Gasteiger partial charge < -0.3 is 4.74 Å². The predicted octanol–water partition coefficient (Wildman–Crippen LogP) is 3.77. The maximum Gasteiger partial charge on any atom is 0.120 e. The van der Waals surface area contributed by atoms with Crippen molar-refractivity contribution in [3.8, 4) is 5.75 Å². The minimum Gasteiger partial charge on any atom is -0.497 e. The van der Waals surface area contributed by atoms with Gasteiger partial charge in [0.15, 0.2) is 0 Å². The highest BCUT2D eigenvalue weighted by Gasteiger charge is 2.02. The summed E-state index contributed by atoms with van der Waals surface area (Å²) in [6, 6.07) is 5.70. The third-order valence-corrected chi connectivity index (χ3v) is 2.35. The van der Waals surface area contributed by atoms with Crippen LogP contribution in [-0.2, 0) is 0 Å². The average molecular weight is 197 g/mol. The van der Waals surface area contributed by atoms with Gasteiger partial charge in [0.2, 0.25) is 0 Å². The van der Waals surface area contributed by atoms with Gasteiger partial charge in [0, 0.05) is 0 Å². The lowest BCUT2D eigenvalue weighted by Gasteiger charge is -2.06. The van der Waals surface area contributed by atoms with Crippen molar-refractivity contribution in [3.05, 3.63) is 34.9 Å². The fraction of sp³-hybridized carbons (Fsp3) is 0.273. The van der Waals surface area contributed by atoms with Gasteiger partial charge >= 0.3 is 0 Å². The Morgan fingerprint density at radius 3 is 2.62 bits per heavy atom. The lowest BCUT2D eigenvalue weighted by molar-refractivity contribution is 0.415. The summed E-state index contributed by atoms with van der Waals surface area (Å²) in [5, 5.41) is 0.731. The van der Waals surface area contributed by atoms with E-state index in [0.717, 1.165) is 16.3 Å². The van der Waals surface area contributed by atoms with Crippen LogP contribution in [0.2, 0.25) is 5.02 Å². The van der Waals surface area contributed by atoms with Gasteiger partial charge in [0.05, 0.1) is 12.1 Å². The minimum atomic E-state index is 0.731. The van der Waals surface area contributed by atoms with Crippen LogP contribution in [0, 0.1) is 0 Å². The molecule has 0 unspecified atom stereocenters. The van der Waals surface area contributed by atoms with Crippen LogP contribution in [0.25, 0.3) is 5.57 Å². The summed E-state index contributed by atoms with van der Waals surface area (Å²) in [4.78, 5) is 0. The molecular weight excluding hydrogens is 184 g/mol. The molecule has 1 rings (SSSR count). The fourth-order valence-corrected chi connectivity index (χ4v) is 1.42. The maximum atomic E-state index is 6.06. The van der Waals surface area contributed by atoms with Crippen LogP contribution < -0.4 is 4.74 Å². The second kappa shape index (κ2) is 4.33. The monoisotopic (exact) mass is 196 g/mol. The van der Waals surface area contributed by atoms with Crippen molar-refractivity contribution < 1.29 is 4.74 Å². The first-order valence-corrected chi connectivity index (χ1v) is 4.53. The first kappa shape index (κ1) is 10.1. The molecule has 0 amide bonds. The molecule has 1 nitrogen and oxygen atoms in total. The van der Waals surface area contributed by atoms with E-state index < -0.39 is 0 Å². The SMILES string of the molecule is C/C=C(\C)c1ccc(OC)cc1Cl. The van der Waals surface area contributed by atoms with Gasteiger partial charge in [0.25, 0.3) is 0 Å². The normalized spacial score (nSPS) is 11.5. The highest BCUT2D eigenvalue weighted by Crippen LogP contribution is 2.27. The van der Waals surface area contributed by atoms with E-state index in [1.54, 1.807) is 7.11 Å². The van der Waals surface area contributed by atoms with Gasteiger partial charge in [-0.3, -0.25) is 0 Å². The summed E-state index contributed by atoms with van der Waals surface area (Å²) in [6.07, 6.45) is 2.04. The van der Waals surface area contributed by atoms with Crippen molar-refractivity contribution in [3.63, 3.8) is 0 Å². The summed E-state index contributed by atoms with van der Waals surface area (Å²) in [7, 11) is 1.63. The van der Waals surface area contributed by atoms with E-state index in [1.807, 2.05) is 38.1 Å². The molecule has 0 radical (unpaired) electrons. The summed E-state index contributed by atoms with van der Waals surface area (Å²) in [5.41, 5.74) is 2.23. The molecule has 0 fully saturated rings. The molecule has 0 aliphatic heterocycles. The van der Waals surface area contributed by atoms with Crippen LogP contribution >= 0.6 is 11.6 Å². The van der Waals surface area contributed by atoms with E-state index in [9.17, 15) is 0 Å². The molecule has 0 aliphatic rings. The van der Waals surface area contributed by atoms with Crippen molar-refractivity contribution in [1.29, 1.82) is 0 Å². The number of ether oxygens (including phenoxy) is 1. The molecule has 0 aliphatic carbocycles. The summed E-state index contributed by atoms with van der Waals surface area (Å²) in [5.74, 6) is 0.789. The Kier molecular flexibility index (Phi) is 3.38. The number of benzene rings is 1. The zero-order valence-corrected chi connectivity index (χ0v) is 8.85. The van der Waals surface area contributed by atoms with Gasteiger partial charge in [-0.15, -0.1) is 0 Å². The number of hydrogen-bond acceptors (Lipinski definition) is 1. The van der Waals surface area contributed by atoms with Crippen LogP contribution in [0.3, 0.4) is 0 Å². The van der Waals surface area contributed by atoms with Gasteiger partial charge in [-0.1, -0.05) is 17.7 Å². The molecule has 0 saturated carbocycles. The molecule has 1 aromatic rings. The van der Waals surface area contributed by atoms with Crippen molar-refractivity contribution in [2.24, 2.45) is 0 Å². The molecule has 0 bridgehead atoms. The van der Waals surface area contributed by atoms with Crippen LogP contribution in [-0.4, -0.2) is 7.11 Å². The number of methoxy groups -OCH3 is 1. The molecule has 1 aromatic carbocycles. The standard InChI is InChI=1S/C11H13ClO/c1-4-8(2)10-6-5-9(13-3)7-11(10)12/h4-7H,1-3H3/b8-4+. The third-order valence-electron chi connectivity index (χ3n) is 2.03. The van der Waals surface area contributed by atoms with Crippen molar-refractivity contribution in [2.75, 3.05) is 7.11 Å². The molecule has 0 N–H and O–H groups in total. The number of halogens is 1. The van der Waals surface area contributed by atoms with E-state index in [1.165, 1.54) is 5.57 Å². The largest absolute Gasteiger partial charge is 0.497 e. The van der Waals surface area contributed by atoms with E-state index >= 15 is 0 Å². The molecule has 0 atom stereocenters. The molecule has 0 aromatic heterocycles. The Morgan fingerprint density at radius 2 is 2.15 bits per heavy atom. The first-order valence-electron chi connectivity index (χ1n) is 4.16. The molecule has 70 valence electrons. The molecule has 13 heavy (non-hydrogen) atoms. The van der Waals surface area contributed by atoms with Crippen LogP contribution in [0.1, 0.15) is 19.4 Å². The van der Waals surface area contributed by atoms with E-state index in [4.69, 9.17) is 16.3 Å². The van der Waals surface area contributed by atoms with Crippen LogP contribution in [0.4, 0.5) is 0 Å². The summed E-state index contributed by atoms with van der Waals surface area (Å²) >= 11 is 6.06. The van der Waals surface area contributed by atoms with E-state index in [-0.39, 0.29) is 0 Å². The average Bonchev–Trinajstić information content (AvgIpc) is 2.16. The first-order chi connectivity index (χ1) is 6.19. The second-order valence-corrected chi connectivity index (χ2v) is 3.22. The van der Waals surface area contributed by atoms with E-state index in [0.29, 0.717) is 0 Å². The van der Waals surface area contributed by atoms with Crippen LogP contribution in [0.5, 0.6) is 5.75 Å². The Morgan fingerprint density at radius 1 is 1.46 bits per heavy atom. The topological polar surface area (TPSA) is 9.23 Å². The second-order valence-electron chi connectivity index (χ2n) is 2.82. The van der Waals surface area contributed by atoms with E-state index in [2.05, 4.69) is 0 Å². The molecular formula is C11H13ClO. The smallest absolute Gasteiger partial charge is 0.120 e. The molecule has 2 heteroatoms. The Bertz CT molecular complexity index is 329. The lowest BCUT2D eigenvalue weighted by Crippen LogP contribution is -1.85. The zero-order valence-electron chi connectivity index (χ0n) is 8.10. The Hall–Kier alpha value is -0.950. The highest BCUT2D eigenvalue weighted by atomic mass is 35.5.